The number of anilines is 3. The van der Waals surface area contributed by atoms with Crippen LogP contribution in [0, 0.1) is 0 Å². The third-order valence-corrected chi connectivity index (χ3v) is 15.0. The van der Waals surface area contributed by atoms with Crippen molar-refractivity contribution in [2.45, 2.75) is 0 Å². The monoisotopic (exact) mass is 869 g/mol. The quantitative estimate of drug-likeness (QED) is 0.155. The van der Waals surface area contributed by atoms with Crippen molar-refractivity contribution in [1.29, 1.82) is 0 Å². The van der Waals surface area contributed by atoms with Crippen LogP contribution in [-0.2, 0) is 0 Å². The van der Waals surface area contributed by atoms with E-state index in [0.29, 0.717) is 0 Å². The van der Waals surface area contributed by atoms with Crippen LogP contribution in [0.4, 0.5) is 17.1 Å². The Balaban J connectivity index is 0.928. The number of benzene rings is 12. The number of thiophene rings is 1. The molecule has 14 aromatic rings. The first-order valence-corrected chi connectivity index (χ1v) is 23.7. The molecule has 0 fully saturated rings. The average molecular weight is 870 g/mol. The minimum Gasteiger partial charge on any atom is -0.455 e. The second-order valence-corrected chi connectivity index (χ2v) is 18.6. The Morgan fingerprint density at radius 1 is 0.284 bits per heavy atom. The van der Waals surface area contributed by atoms with E-state index in [4.69, 9.17) is 4.42 Å². The SMILES string of the molecule is c1ccc(-c2ccc(-c3cccc(N(c4ccccc4)c4cccc(-c5ccc6oc7c8ccccc8c8c9cc%10c%11ccccc%11c%11ccccc%11c%10cc9sc8c7c6c5)c4)c3)cc2)cc1. The van der Waals surface area contributed by atoms with E-state index in [1.807, 2.05) is 11.3 Å². The van der Waals surface area contributed by atoms with Crippen LogP contribution in [0.5, 0.6) is 0 Å². The summed E-state index contributed by atoms with van der Waals surface area (Å²) in [5.74, 6) is 0. The molecule has 0 aliphatic heterocycles. The molecule has 0 atom stereocenters. The highest BCUT2D eigenvalue weighted by atomic mass is 32.1. The van der Waals surface area contributed by atoms with Gasteiger partial charge in [0.2, 0.25) is 0 Å². The molecule has 0 aliphatic carbocycles. The zero-order valence-corrected chi connectivity index (χ0v) is 37.1. The zero-order chi connectivity index (χ0) is 44.0. The molecule has 0 radical (unpaired) electrons. The Kier molecular flexibility index (Phi) is 8.49. The van der Waals surface area contributed by atoms with E-state index in [-0.39, 0.29) is 0 Å². The summed E-state index contributed by atoms with van der Waals surface area (Å²) in [5, 5.41) is 15.0. The number of para-hydroxylation sites is 1. The summed E-state index contributed by atoms with van der Waals surface area (Å²) in [6, 6.07) is 86.1. The Morgan fingerprint density at radius 3 is 1.40 bits per heavy atom. The van der Waals surface area contributed by atoms with Crippen molar-refractivity contribution in [2.24, 2.45) is 0 Å². The molecule has 0 unspecified atom stereocenters. The second-order valence-electron chi connectivity index (χ2n) is 17.6. The lowest BCUT2D eigenvalue weighted by Gasteiger charge is -2.26. The molecular formula is C64H39NOS. The van der Waals surface area contributed by atoms with Gasteiger partial charge in [0.15, 0.2) is 0 Å². The van der Waals surface area contributed by atoms with E-state index in [1.54, 1.807) is 0 Å². The van der Waals surface area contributed by atoms with Gasteiger partial charge in [-0.25, -0.2) is 0 Å². The minimum absolute atomic E-state index is 0.895. The van der Waals surface area contributed by atoms with Gasteiger partial charge in [-0.3, -0.25) is 0 Å². The van der Waals surface area contributed by atoms with Crippen molar-refractivity contribution in [2.75, 3.05) is 4.90 Å². The van der Waals surface area contributed by atoms with E-state index < -0.39 is 0 Å². The first-order valence-electron chi connectivity index (χ1n) is 22.9. The van der Waals surface area contributed by atoms with Crippen LogP contribution in [0.25, 0.3) is 119 Å². The van der Waals surface area contributed by atoms with Gasteiger partial charge < -0.3 is 9.32 Å². The number of furan rings is 1. The normalized spacial score (nSPS) is 11.9. The van der Waals surface area contributed by atoms with Crippen molar-refractivity contribution < 1.29 is 4.42 Å². The van der Waals surface area contributed by atoms with E-state index in [9.17, 15) is 0 Å². The molecule has 12 aromatic carbocycles. The summed E-state index contributed by atoms with van der Waals surface area (Å²) >= 11 is 1.89. The van der Waals surface area contributed by atoms with Gasteiger partial charge in [0.1, 0.15) is 11.2 Å². The summed E-state index contributed by atoms with van der Waals surface area (Å²) in [7, 11) is 0. The predicted molar refractivity (Wildman–Crippen MR) is 288 cm³/mol. The molecule has 2 aromatic heterocycles. The van der Waals surface area contributed by atoms with Crippen LogP contribution in [0.3, 0.4) is 0 Å². The van der Waals surface area contributed by atoms with Gasteiger partial charge >= 0.3 is 0 Å². The molecule has 67 heavy (non-hydrogen) atoms. The number of nitrogens with zero attached hydrogens (tertiary/aromatic N) is 1. The van der Waals surface area contributed by atoms with Crippen LogP contribution in [0.2, 0.25) is 0 Å². The first kappa shape index (κ1) is 37.8. The predicted octanol–water partition coefficient (Wildman–Crippen LogP) is 19.0. The molecule has 2 nitrogen and oxygen atoms in total. The fourth-order valence-electron chi connectivity index (χ4n) is 10.7. The van der Waals surface area contributed by atoms with Gasteiger partial charge in [0.25, 0.3) is 0 Å². The maximum Gasteiger partial charge on any atom is 0.144 e. The zero-order valence-electron chi connectivity index (χ0n) is 36.3. The Bertz CT molecular complexity index is 4260. The van der Waals surface area contributed by atoms with Gasteiger partial charge in [-0.2, -0.15) is 0 Å². The van der Waals surface area contributed by atoms with Crippen LogP contribution in [0.1, 0.15) is 0 Å². The number of hydrogen-bond donors (Lipinski definition) is 0. The highest BCUT2D eigenvalue weighted by molar-refractivity contribution is 7.27. The minimum atomic E-state index is 0.895. The summed E-state index contributed by atoms with van der Waals surface area (Å²) < 4.78 is 9.46. The number of hydrogen-bond acceptors (Lipinski definition) is 3. The smallest absolute Gasteiger partial charge is 0.144 e. The van der Waals surface area contributed by atoms with Crippen LogP contribution < -0.4 is 4.90 Å². The molecule has 0 amide bonds. The number of rotatable bonds is 6. The fraction of sp³-hybridized carbons (Fsp3) is 0. The first-order chi connectivity index (χ1) is 33.2. The van der Waals surface area contributed by atoms with Gasteiger partial charge in [0, 0.05) is 53.4 Å². The summed E-state index contributed by atoms with van der Waals surface area (Å²) in [6.07, 6.45) is 0. The van der Waals surface area contributed by atoms with Gasteiger partial charge in [-0.1, -0.05) is 176 Å². The third-order valence-electron chi connectivity index (χ3n) is 13.8. The van der Waals surface area contributed by atoms with Gasteiger partial charge in [0.05, 0.1) is 0 Å². The van der Waals surface area contributed by atoms with Crippen molar-refractivity contribution in [3.8, 4) is 33.4 Å². The molecule has 3 heteroatoms. The molecule has 14 rings (SSSR count). The molecule has 0 bridgehead atoms. The van der Waals surface area contributed by atoms with E-state index in [2.05, 4.69) is 241 Å². The van der Waals surface area contributed by atoms with Crippen LogP contribution in [0.15, 0.2) is 241 Å². The molecule has 2 heterocycles. The van der Waals surface area contributed by atoms with Gasteiger partial charge in [-0.05, 0) is 132 Å². The molecule has 0 aliphatic rings. The Labute approximate surface area is 390 Å². The lowest BCUT2D eigenvalue weighted by molar-refractivity contribution is 0.673. The van der Waals surface area contributed by atoms with Crippen molar-refractivity contribution in [1.82, 2.24) is 0 Å². The lowest BCUT2D eigenvalue weighted by atomic mass is 9.92. The fourth-order valence-corrected chi connectivity index (χ4v) is 12.0. The summed E-state index contributed by atoms with van der Waals surface area (Å²) in [6.45, 7) is 0. The van der Waals surface area contributed by atoms with Gasteiger partial charge in [-0.15, -0.1) is 11.3 Å². The Morgan fingerprint density at radius 2 is 0.746 bits per heavy atom. The molecule has 0 saturated carbocycles. The maximum atomic E-state index is 6.91. The highest BCUT2D eigenvalue weighted by Crippen LogP contribution is 2.50. The molecular weight excluding hydrogens is 831 g/mol. The second kappa shape index (κ2) is 15.0. The largest absolute Gasteiger partial charge is 0.455 e. The van der Waals surface area contributed by atoms with Crippen LogP contribution in [-0.4, -0.2) is 0 Å². The molecule has 0 saturated heterocycles. The van der Waals surface area contributed by atoms with Crippen molar-refractivity contribution in [3.63, 3.8) is 0 Å². The summed E-state index contributed by atoms with van der Waals surface area (Å²) in [5.41, 5.74) is 12.2. The average Bonchev–Trinajstić information content (AvgIpc) is 3.98. The summed E-state index contributed by atoms with van der Waals surface area (Å²) in [4.78, 5) is 2.36. The highest BCUT2D eigenvalue weighted by Gasteiger charge is 2.22. The lowest BCUT2D eigenvalue weighted by Crippen LogP contribution is -2.10. The van der Waals surface area contributed by atoms with Crippen LogP contribution >= 0.6 is 11.3 Å². The van der Waals surface area contributed by atoms with E-state index >= 15 is 0 Å². The van der Waals surface area contributed by atoms with E-state index in [0.717, 1.165) is 50.1 Å². The van der Waals surface area contributed by atoms with Crippen molar-refractivity contribution >= 4 is 114 Å². The molecule has 312 valence electrons. The third kappa shape index (κ3) is 6.02. The maximum absolute atomic E-state index is 6.91. The Hall–Kier alpha value is -8.50. The number of fused-ring (bicyclic) bond motifs is 16. The topological polar surface area (TPSA) is 16.4 Å². The van der Waals surface area contributed by atoms with E-state index in [1.165, 1.54) is 85.5 Å². The molecule has 0 spiro atoms. The molecule has 0 N–H and O–H groups in total. The standard InChI is InChI=1S/C64H39NOS/c1-3-15-40(16-4-1)41-29-31-42(32-30-41)43-17-13-21-47(35-43)65(46-19-5-2-6-20-46)48-22-14-18-44(36-48)45-33-34-59-57(37-45)62-63(66-59)54-28-12-11-27-53(54)61-58-38-55-51-25-9-7-23-49(51)50-24-8-10-26-52(50)56(55)39-60(58)67-64(61)62/h1-39H. The van der Waals surface area contributed by atoms with Crippen molar-refractivity contribution in [3.05, 3.63) is 237 Å².